The normalized spacial score (nSPS) is 13.2. The highest BCUT2D eigenvalue weighted by atomic mass is 19.4. The molecule has 0 spiro atoms. The van der Waals surface area contributed by atoms with E-state index in [1.54, 1.807) is 0 Å². The summed E-state index contributed by atoms with van der Waals surface area (Å²) < 4.78 is 41.2. The maximum Gasteiger partial charge on any atom is 0.425 e. The molecule has 0 radical (unpaired) electrons. The summed E-state index contributed by atoms with van der Waals surface area (Å²) in [7, 11) is 0. The summed E-state index contributed by atoms with van der Waals surface area (Å²) in [6, 6.07) is 2.25. The van der Waals surface area contributed by atoms with Crippen LogP contribution >= 0.6 is 0 Å². The predicted molar refractivity (Wildman–Crippen MR) is 52.1 cm³/mol. The van der Waals surface area contributed by atoms with Gasteiger partial charge in [-0.1, -0.05) is 0 Å². The molecule has 1 aromatic rings. The molecule has 94 valence electrons. The van der Waals surface area contributed by atoms with E-state index in [4.69, 9.17) is 5.11 Å². The molecule has 1 rings (SSSR count). The summed E-state index contributed by atoms with van der Waals surface area (Å²) in [6.07, 6.45) is -6.48. The Balaban J connectivity index is 2.88. The lowest BCUT2D eigenvalue weighted by molar-refractivity contribution is -0.190. The molecule has 0 aliphatic carbocycles. The quantitative estimate of drug-likeness (QED) is 0.893. The third kappa shape index (κ3) is 3.33. The van der Waals surface area contributed by atoms with Crippen LogP contribution in [0.3, 0.4) is 0 Å². The first kappa shape index (κ1) is 13.3. The van der Waals surface area contributed by atoms with Crippen molar-refractivity contribution in [1.29, 1.82) is 0 Å². The smallest absolute Gasteiger partial charge is 0.425 e. The Bertz CT molecular complexity index is 431. The second-order valence-corrected chi connectivity index (χ2v) is 3.39. The second-order valence-electron chi connectivity index (χ2n) is 3.39. The summed E-state index contributed by atoms with van der Waals surface area (Å²) in [5.74, 6) is -1.44. The molecule has 0 aliphatic heterocycles. The third-order valence-electron chi connectivity index (χ3n) is 2.05. The minimum absolute atomic E-state index is 0.0722. The first-order chi connectivity index (χ1) is 7.71. The van der Waals surface area contributed by atoms with Gasteiger partial charge in [0.2, 0.25) is 5.88 Å². The highest BCUT2D eigenvalue weighted by Gasteiger charge is 2.38. The Kier molecular flexibility index (Phi) is 3.59. The van der Waals surface area contributed by atoms with Crippen molar-refractivity contribution < 1.29 is 27.8 Å². The van der Waals surface area contributed by atoms with Crippen LogP contribution in [0.25, 0.3) is 0 Å². The molecule has 7 heteroatoms. The second kappa shape index (κ2) is 4.60. The van der Waals surface area contributed by atoms with E-state index in [0.29, 0.717) is 0 Å². The lowest BCUT2D eigenvalue weighted by atomic mass is 10.2. The molecule has 1 aromatic heterocycles. The van der Waals surface area contributed by atoms with Crippen molar-refractivity contribution in [2.24, 2.45) is 0 Å². The number of rotatable bonds is 3. The van der Waals surface area contributed by atoms with Crippen molar-refractivity contribution in [1.82, 2.24) is 4.98 Å². The topological polar surface area (TPSA) is 59.4 Å². The number of ether oxygens (including phenoxy) is 1. The van der Waals surface area contributed by atoms with Gasteiger partial charge in [-0.05, 0) is 19.9 Å². The predicted octanol–water partition coefficient (Wildman–Crippen LogP) is 2.42. The van der Waals surface area contributed by atoms with Gasteiger partial charge >= 0.3 is 12.1 Å². The highest BCUT2D eigenvalue weighted by molar-refractivity contribution is 5.88. The average Bonchev–Trinajstić information content (AvgIpc) is 2.15. The summed E-state index contributed by atoms with van der Waals surface area (Å²) >= 11 is 0. The Labute approximate surface area is 95.0 Å². The summed E-state index contributed by atoms with van der Waals surface area (Å²) in [5, 5.41) is 8.71. The molecule has 0 saturated carbocycles. The minimum Gasteiger partial charge on any atom is -0.478 e. The van der Waals surface area contributed by atoms with Gasteiger partial charge in [0.1, 0.15) is 0 Å². The number of carboxylic acid groups (broad SMARTS) is 1. The van der Waals surface area contributed by atoms with Crippen LogP contribution in [0.5, 0.6) is 5.88 Å². The fourth-order valence-electron chi connectivity index (χ4n) is 1.08. The van der Waals surface area contributed by atoms with Crippen molar-refractivity contribution in [2.75, 3.05) is 0 Å². The molecule has 4 nitrogen and oxygen atoms in total. The molecule has 0 fully saturated rings. The van der Waals surface area contributed by atoms with E-state index in [0.717, 1.165) is 19.1 Å². The Morgan fingerprint density at radius 2 is 2.06 bits per heavy atom. The van der Waals surface area contributed by atoms with Gasteiger partial charge in [0.25, 0.3) is 0 Å². The molecule has 0 aromatic carbocycles. The Morgan fingerprint density at radius 1 is 1.47 bits per heavy atom. The molecular weight excluding hydrogens is 239 g/mol. The lowest BCUT2D eigenvalue weighted by Crippen LogP contribution is -2.31. The zero-order valence-corrected chi connectivity index (χ0v) is 9.08. The number of nitrogens with zero attached hydrogens (tertiary/aromatic N) is 1. The number of halogens is 3. The largest absolute Gasteiger partial charge is 0.478 e. The third-order valence-corrected chi connectivity index (χ3v) is 2.05. The van der Waals surface area contributed by atoms with Gasteiger partial charge in [-0.25, -0.2) is 9.78 Å². The Morgan fingerprint density at radius 3 is 2.47 bits per heavy atom. The maximum atomic E-state index is 12.2. The van der Waals surface area contributed by atoms with E-state index in [-0.39, 0.29) is 17.1 Å². The molecule has 0 aliphatic rings. The van der Waals surface area contributed by atoms with Crippen molar-refractivity contribution in [3.63, 3.8) is 0 Å². The first-order valence-corrected chi connectivity index (χ1v) is 4.66. The van der Waals surface area contributed by atoms with Gasteiger partial charge in [0.15, 0.2) is 6.10 Å². The van der Waals surface area contributed by atoms with Gasteiger partial charge in [0, 0.05) is 6.07 Å². The molecule has 1 atom stereocenters. The molecule has 0 saturated heterocycles. The highest BCUT2D eigenvalue weighted by Crippen LogP contribution is 2.24. The number of pyridine rings is 1. The average molecular weight is 249 g/mol. The number of alkyl halides is 3. The molecule has 17 heavy (non-hydrogen) atoms. The van der Waals surface area contributed by atoms with Crippen LogP contribution in [0.1, 0.15) is 23.0 Å². The van der Waals surface area contributed by atoms with Crippen LogP contribution < -0.4 is 4.74 Å². The van der Waals surface area contributed by atoms with E-state index in [2.05, 4.69) is 9.72 Å². The Hall–Kier alpha value is -1.79. The molecule has 1 heterocycles. The first-order valence-electron chi connectivity index (χ1n) is 4.66. The van der Waals surface area contributed by atoms with Crippen molar-refractivity contribution in [3.8, 4) is 5.88 Å². The molecular formula is C10H10F3NO3. The zero-order chi connectivity index (χ0) is 13.2. The molecule has 0 amide bonds. The number of carboxylic acids is 1. The van der Waals surface area contributed by atoms with Crippen molar-refractivity contribution in [3.05, 3.63) is 23.4 Å². The van der Waals surface area contributed by atoms with Crippen LogP contribution in [0.2, 0.25) is 0 Å². The standard InChI is InChI=1S/C10H10F3NO3/c1-5-7(9(15)16)3-4-8(14-5)17-6(2)10(11,12)13/h3-4,6H,1-2H3,(H,15,16)/t6-/m0/s1. The SMILES string of the molecule is Cc1nc(O[C@@H](C)C(F)(F)F)ccc1C(=O)O. The summed E-state index contributed by atoms with van der Waals surface area (Å²) in [4.78, 5) is 14.3. The fraction of sp³-hybridized carbons (Fsp3) is 0.400. The van der Waals surface area contributed by atoms with Gasteiger partial charge in [-0.3, -0.25) is 0 Å². The monoisotopic (exact) mass is 249 g/mol. The van der Waals surface area contributed by atoms with Crippen LogP contribution in [0.4, 0.5) is 13.2 Å². The van der Waals surface area contributed by atoms with E-state index in [1.807, 2.05) is 0 Å². The summed E-state index contributed by atoms with van der Waals surface area (Å²) in [5.41, 5.74) is 0.0291. The van der Waals surface area contributed by atoms with E-state index >= 15 is 0 Å². The van der Waals surface area contributed by atoms with Crippen LogP contribution in [-0.4, -0.2) is 28.3 Å². The van der Waals surface area contributed by atoms with Gasteiger partial charge in [0.05, 0.1) is 11.3 Å². The number of aromatic nitrogens is 1. The molecule has 0 unspecified atom stereocenters. The number of aromatic carboxylic acids is 1. The van der Waals surface area contributed by atoms with Crippen LogP contribution in [-0.2, 0) is 0 Å². The number of hydrogen-bond donors (Lipinski definition) is 1. The summed E-state index contributed by atoms with van der Waals surface area (Å²) in [6.45, 7) is 2.23. The molecule has 0 bridgehead atoms. The maximum absolute atomic E-state index is 12.2. The van der Waals surface area contributed by atoms with E-state index in [9.17, 15) is 18.0 Å². The van der Waals surface area contributed by atoms with Gasteiger partial charge in [-0.2, -0.15) is 13.2 Å². The number of hydrogen-bond acceptors (Lipinski definition) is 3. The van der Waals surface area contributed by atoms with Crippen LogP contribution in [0, 0.1) is 6.92 Å². The van der Waals surface area contributed by atoms with Crippen molar-refractivity contribution in [2.45, 2.75) is 26.1 Å². The van der Waals surface area contributed by atoms with Gasteiger partial charge < -0.3 is 9.84 Å². The van der Waals surface area contributed by atoms with Gasteiger partial charge in [-0.15, -0.1) is 0 Å². The lowest BCUT2D eigenvalue weighted by Gasteiger charge is -2.17. The minimum atomic E-state index is -4.49. The van der Waals surface area contributed by atoms with Crippen molar-refractivity contribution >= 4 is 5.97 Å². The zero-order valence-electron chi connectivity index (χ0n) is 9.08. The van der Waals surface area contributed by atoms with E-state index < -0.39 is 18.2 Å². The molecule has 1 N–H and O–H groups in total. The van der Waals surface area contributed by atoms with E-state index in [1.165, 1.54) is 6.92 Å². The van der Waals surface area contributed by atoms with Crippen LogP contribution in [0.15, 0.2) is 12.1 Å². The fourth-order valence-corrected chi connectivity index (χ4v) is 1.08. The number of carbonyl (C=O) groups is 1. The number of aryl methyl sites for hydroxylation is 1.